The maximum absolute atomic E-state index is 11.8. The Morgan fingerprint density at radius 1 is 1.24 bits per heavy atom. The first kappa shape index (κ1) is 12.2. The number of nitrogens with zero attached hydrogens (tertiary/aromatic N) is 2. The van der Waals surface area contributed by atoms with Crippen molar-refractivity contribution < 1.29 is 0 Å². The van der Waals surface area contributed by atoms with Crippen molar-refractivity contribution in [2.45, 2.75) is 12.5 Å². The summed E-state index contributed by atoms with van der Waals surface area (Å²) in [5.74, 6) is 0.316. The number of hydrogen-bond acceptors (Lipinski definition) is 1. The van der Waals surface area contributed by atoms with Crippen molar-refractivity contribution in [1.82, 2.24) is 9.13 Å². The first-order chi connectivity index (χ1) is 8.22. The second-order valence-corrected chi connectivity index (χ2v) is 4.75. The Bertz CT molecular complexity index is 530. The van der Waals surface area contributed by atoms with Crippen LogP contribution in [0, 0.1) is 0 Å². The summed E-state index contributed by atoms with van der Waals surface area (Å²) in [6, 6.07) is 10.3. The Kier molecular flexibility index (Phi) is 3.84. The van der Waals surface area contributed by atoms with Crippen LogP contribution in [0.5, 0.6) is 0 Å². The number of benzene rings is 1. The van der Waals surface area contributed by atoms with Crippen molar-refractivity contribution in [3.63, 3.8) is 0 Å². The first-order valence-electron chi connectivity index (χ1n) is 5.55. The van der Waals surface area contributed by atoms with Crippen molar-refractivity contribution in [3.05, 3.63) is 58.8 Å². The topological polar surface area (TPSA) is 26.9 Å². The van der Waals surface area contributed by atoms with E-state index in [9.17, 15) is 4.79 Å². The van der Waals surface area contributed by atoms with Crippen LogP contribution in [0.1, 0.15) is 11.5 Å². The van der Waals surface area contributed by atoms with Crippen molar-refractivity contribution in [2.75, 3.05) is 5.33 Å². The van der Waals surface area contributed by atoms with Gasteiger partial charge in [0.1, 0.15) is 0 Å². The smallest absolute Gasteiger partial charge is 0.302 e. The number of imidazole rings is 1. The van der Waals surface area contributed by atoms with Gasteiger partial charge in [-0.15, -0.1) is 0 Å². The van der Waals surface area contributed by atoms with Gasteiger partial charge in [-0.25, -0.2) is 4.79 Å². The second-order valence-electron chi connectivity index (χ2n) is 4.11. The lowest BCUT2D eigenvalue weighted by Crippen LogP contribution is -2.24. The Hall–Kier alpha value is -1.29. The molecule has 0 fully saturated rings. The van der Waals surface area contributed by atoms with Crippen LogP contribution >= 0.6 is 15.9 Å². The minimum atomic E-state index is 0.0341. The van der Waals surface area contributed by atoms with Crippen molar-refractivity contribution >= 4 is 15.9 Å². The predicted molar refractivity (Wildman–Crippen MR) is 72.7 cm³/mol. The number of aryl methyl sites for hydroxylation is 1. The van der Waals surface area contributed by atoms with Gasteiger partial charge in [0.2, 0.25) is 0 Å². The molecule has 90 valence electrons. The van der Waals surface area contributed by atoms with Gasteiger partial charge in [-0.1, -0.05) is 46.3 Å². The predicted octanol–water partition coefficient (Wildman–Crippen LogP) is 2.37. The molecule has 0 bridgehead atoms. The summed E-state index contributed by atoms with van der Waals surface area (Å²) in [7, 11) is 1.77. The summed E-state index contributed by atoms with van der Waals surface area (Å²) >= 11 is 3.52. The minimum Gasteiger partial charge on any atom is -0.302 e. The lowest BCUT2D eigenvalue weighted by molar-refractivity contribution is 0.579. The number of aromatic nitrogens is 2. The van der Waals surface area contributed by atoms with Crippen LogP contribution in [0.15, 0.2) is 47.5 Å². The quantitative estimate of drug-likeness (QED) is 0.796. The molecule has 1 atom stereocenters. The molecular formula is C13H15BrN2O. The standard InChI is InChI=1S/C13H15BrN2O/c1-15-7-8-16(13(15)17)10-12(9-14)11-5-3-2-4-6-11/h2-8,12H,9-10H2,1H3. The summed E-state index contributed by atoms with van der Waals surface area (Å²) in [4.78, 5) is 11.8. The fourth-order valence-corrected chi connectivity index (χ4v) is 2.43. The molecule has 0 radical (unpaired) electrons. The van der Waals surface area contributed by atoms with Crippen molar-refractivity contribution in [2.24, 2.45) is 7.05 Å². The molecule has 1 aromatic carbocycles. The van der Waals surface area contributed by atoms with Crippen LogP contribution < -0.4 is 5.69 Å². The normalized spacial score (nSPS) is 12.6. The number of hydrogen-bond donors (Lipinski definition) is 0. The molecule has 0 aliphatic heterocycles. The number of alkyl halides is 1. The molecule has 2 rings (SSSR count). The Morgan fingerprint density at radius 2 is 1.94 bits per heavy atom. The maximum Gasteiger partial charge on any atom is 0.327 e. The van der Waals surface area contributed by atoms with E-state index in [2.05, 4.69) is 28.1 Å². The van der Waals surface area contributed by atoms with E-state index in [4.69, 9.17) is 0 Å². The second kappa shape index (κ2) is 5.36. The summed E-state index contributed by atoms with van der Waals surface area (Å²) in [5.41, 5.74) is 1.28. The van der Waals surface area contributed by atoms with Gasteiger partial charge in [-0.3, -0.25) is 4.57 Å². The van der Waals surface area contributed by atoms with E-state index in [-0.39, 0.29) is 5.69 Å². The van der Waals surface area contributed by atoms with Crippen LogP contribution in [0.2, 0.25) is 0 Å². The molecule has 0 saturated heterocycles. The van der Waals surface area contributed by atoms with E-state index in [1.807, 2.05) is 24.4 Å². The van der Waals surface area contributed by atoms with Gasteiger partial charge in [0, 0.05) is 37.2 Å². The average molecular weight is 295 g/mol. The van der Waals surface area contributed by atoms with E-state index >= 15 is 0 Å². The van der Waals surface area contributed by atoms with E-state index in [0.29, 0.717) is 12.5 Å². The van der Waals surface area contributed by atoms with Crippen LogP contribution in [-0.2, 0) is 13.6 Å². The van der Waals surface area contributed by atoms with Crippen LogP contribution in [-0.4, -0.2) is 14.5 Å². The molecule has 1 unspecified atom stereocenters. The molecule has 0 saturated carbocycles. The van der Waals surface area contributed by atoms with Gasteiger partial charge in [-0.2, -0.15) is 0 Å². The molecule has 3 nitrogen and oxygen atoms in total. The molecule has 1 heterocycles. The first-order valence-corrected chi connectivity index (χ1v) is 6.67. The molecular weight excluding hydrogens is 280 g/mol. The van der Waals surface area contributed by atoms with Gasteiger partial charge < -0.3 is 4.57 Å². The van der Waals surface area contributed by atoms with Crippen LogP contribution in [0.3, 0.4) is 0 Å². The van der Waals surface area contributed by atoms with Gasteiger partial charge in [0.05, 0.1) is 0 Å². The third-order valence-electron chi connectivity index (χ3n) is 2.89. The van der Waals surface area contributed by atoms with Crippen LogP contribution in [0.25, 0.3) is 0 Å². The highest BCUT2D eigenvalue weighted by Crippen LogP contribution is 2.19. The third kappa shape index (κ3) is 2.69. The Labute approximate surface area is 109 Å². The van der Waals surface area contributed by atoms with E-state index < -0.39 is 0 Å². The molecule has 2 aromatic rings. The highest BCUT2D eigenvalue weighted by molar-refractivity contribution is 9.09. The fourth-order valence-electron chi connectivity index (χ4n) is 1.86. The van der Waals surface area contributed by atoms with Gasteiger partial charge in [-0.05, 0) is 5.56 Å². The molecule has 0 aliphatic rings. The van der Waals surface area contributed by atoms with E-state index in [1.54, 1.807) is 22.4 Å². The minimum absolute atomic E-state index is 0.0341. The summed E-state index contributed by atoms with van der Waals surface area (Å²) in [6.07, 6.45) is 3.62. The Balaban J connectivity index is 2.22. The SMILES string of the molecule is Cn1ccn(CC(CBr)c2ccccc2)c1=O. The summed E-state index contributed by atoms with van der Waals surface area (Å²) in [5, 5.41) is 0.846. The maximum atomic E-state index is 11.8. The van der Waals surface area contributed by atoms with E-state index in [0.717, 1.165) is 5.33 Å². The molecule has 0 spiro atoms. The molecule has 0 aliphatic carbocycles. The fraction of sp³-hybridized carbons (Fsp3) is 0.308. The lowest BCUT2D eigenvalue weighted by atomic mass is 10.0. The summed E-state index contributed by atoms with van der Waals surface area (Å²) in [6.45, 7) is 0.703. The van der Waals surface area contributed by atoms with Crippen molar-refractivity contribution in [3.8, 4) is 0 Å². The van der Waals surface area contributed by atoms with Gasteiger partial charge >= 0.3 is 5.69 Å². The Morgan fingerprint density at radius 3 is 2.47 bits per heavy atom. The monoisotopic (exact) mass is 294 g/mol. The van der Waals surface area contributed by atoms with Crippen molar-refractivity contribution in [1.29, 1.82) is 0 Å². The number of rotatable bonds is 4. The lowest BCUT2D eigenvalue weighted by Gasteiger charge is -2.14. The highest BCUT2D eigenvalue weighted by atomic mass is 79.9. The van der Waals surface area contributed by atoms with Crippen LogP contribution in [0.4, 0.5) is 0 Å². The average Bonchev–Trinajstić information content (AvgIpc) is 2.68. The molecule has 1 aromatic heterocycles. The summed E-state index contributed by atoms with van der Waals surface area (Å²) < 4.78 is 3.34. The number of halogens is 1. The zero-order valence-electron chi connectivity index (χ0n) is 9.71. The molecule has 0 amide bonds. The largest absolute Gasteiger partial charge is 0.327 e. The third-order valence-corrected chi connectivity index (χ3v) is 3.67. The van der Waals surface area contributed by atoms with E-state index in [1.165, 1.54) is 5.56 Å². The molecule has 4 heteroatoms. The molecule has 17 heavy (non-hydrogen) atoms. The highest BCUT2D eigenvalue weighted by Gasteiger charge is 2.12. The van der Waals surface area contributed by atoms with Gasteiger partial charge in [0.15, 0.2) is 0 Å². The zero-order valence-corrected chi connectivity index (χ0v) is 11.3. The molecule has 0 N–H and O–H groups in total. The zero-order chi connectivity index (χ0) is 12.3. The van der Waals surface area contributed by atoms with Gasteiger partial charge in [0.25, 0.3) is 0 Å².